The summed E-state index contributed by atoms with van der Waals surface area (Å²) in [5.41, 5.74) is -0.0571. The van der Waals surface area contributed by atoms with Crippen LogP contribution in [-0.4, -0.2) is 28.7 Å². The molecule has 1 rings (SSSR count). The van der Waals surface area contributed by atoms with E-state index in [2.05, 4.69) is 11.9 Å². The Morgan fingerprint density at radius 3 is 2.54 bits per heavy atom. The molecule has 70 valence electrons. The number of rotatable bonds is 0. The van der Waals surface area contributed by atoms with Crippen molar-refractivity contribution in [3.63, 3.8) is 0 Å². The molecule has 1 N–H and O–H groups in total. The highest BCUT2D eigenvalue weighted by atomic mass is 16.2. The summed E-state index contributed by atoms with van der Waals surface area (Å²) in [4.78, 5) is 34.3. The number of hydrogen-bond donors (Lipinski definition) is 1. The van der Waals surface area contributed by atoms with Crippen LogP contribution in [0.15, 0.2) is 12.3 Å². The first-order valence-electron chi connectivity index (χ1n) is 3.79. The van der Waals surface area contributed by atoms with Gasteiger partial charge in [-0.25, -0.2) is 0 Å². The van der Waals surface area contributed by atoms with Gasteiger partial charge >= 0.3 is 0 Å². The van der Waals surface area contributed by atoms with Gasteiger partial charge in [0, 0.05) is 6.92 Å². The fourth-order valence-electron chi connectivity index (χ4n) is 1.16. The number of hydrogen-bond acceptors (Lipinski definition) is 3. The van der Waals surface area contributed by atoms with Crippen LogP contribution in [-0.2, 0) is 14.4 Å². The summed E-state index contributed by atoms with van der Waals surface area (Å²) in [6.07, 6.45) is 0. The zero-order valence-electron chi connectivity index (χ0n) is 7.46. The smallest absolute Gasteiger partial charge is 0.277 e. The minimum absolute atomic E-state index is 0.0571. The van der Waals surface area contributed by atoms with Crippen LogP contribution < -0.4 is 5.32 Å². The van der Waals surface area contributed by atoms with Gasteiger partial charge in [0.15, 0.2) is 0 Å². The van der Waals surface area contributed by atoms with Crippen LogP contribution in [0.3, 0.4) is 0 Å². The molecule has 1 fully saturated rings. The second-order valence-corrected chi connectivity index (χ2v) is 2.84. The molecule has 5 heteroatoms. The van der Waals surface area contributed by atoms with Crippen molar-refractivity contribution in [2.75, 3.05) is 0 Å². The second-order valence-electron chi connectivity index (χ2n) is 2.84. The number of carbonyl (C=O) groups excluding carboxylic acids is 3. The lowest BCUT2D eigenvalue weighted by Gasteiger charge is -2.30. The van der Waals surface area contributed by atoms with Gasteiger partial charge in [-0.3, -0.25) is 19.3 Å². The lowest BCUT2D eigenvalue weighted by molar-refractivity contribution is -0.151. The molecule has 1 heterocycles. The third-order valence-electron chi connectivity index (χ3n) is 1.86. The summed E-state index contributed by atoms with van der Waals surface area (Å²) in [6, 6.07) is -0.754. The Bertz CT molecular complexity index is 309. The molecule has 1 aliphatic rings. The average Bonchev–Trinajstić information content (AvgIpc) is 2.01. The average molecular weight is 182 g/mol. The Balaban J connectivity index is 3.02. The summed E-state index contributed by atoms with van der Waals surface area (Å²) in [5.74, 6) is -1.38. The number of piperazine rings is 1. The van der Waals surface area contributed by atoms with E-state index in [-0.39, 0.29) is 11.6 Å². The third-order valence-corrected chi connectivity index (χ3v) is 1.86. The molecule has 0 spiro atoms. The maximum Gasteiger partial charge on any atom is 0.277 e. The minimum atomic E-state index is -0.754. The molecular weight excluding hydrogens is 172 g/mol. The molecule has 0 aromatic rings. The molecule has 0 aliphatic carbocycles. The van der Waals surface area contributed by atoms with Crippen LogP contribution in [0, 0.1) is 0 Å². The van der Waals surface area contributed by atoms with E-state index < -0.39 is 17.9 Å². The SMILES string of the molecule is C=C1NC(=O)C(C)N(C(C)=O)C1=O. The van der Waals surface area contributed by atoms with Crippen molar-refractivity contribution < 1.29 is 14.4 Å². The van der Waals surface area contributed by atoms with E-state index in [4.69, 9.17) is 0 Å². The molecule has 0 aromatic carbocycles. The van der Waals surface area contributed by atoms with E-state index in [0.717, 1.165) is 4.90 Å². The van der Waals surface area contributed by atoms with Crippen molar-refractivity contribution in [3.8, 4) is 0 Å². The van der Waals surface area contributed by atoms with Gasteiger partial charge in [-0.1, -0.05) is 6.58 Å². The minimum Gasteiger partial charge on any atom is -0.320 e. The fraction of sp³-hybridized carbons (Fsp3) is 0.375. The van der Waals surface area contributed by atoms with E-state index in [1.165, 1.54) is 13.8 Å². The standard InChI is InChI=1S/C8H10N2O3/c1-4-8(13)10(6(3)11)5(2)7(12)9-4/h5H,1H2,2-3H3,(H,9,12). The molecule has 0 bridgehead atoms. The van der Waals surface area contributed by atoms with Crippen LogP contribution in [0.25, 0.3) is 0 Å². The molecule has 5 nitrogen and oxygen atoms in total. The Labute approximate surface area is 75.4 Å². The zero-order chi connectivity index (χ0) is 10.2. The summed E-state index contributed by atoms with van der Waals surface area (Å²) in [5, 5.41) is 2.29. The fourth-order valence-corrected chi connectivity index (χ4v) is 1.16. The van der Waals surface area contributed by atoms with Gasteiger partial charge in [0.1, 0.15) is 6.04 Å². The summed E-state index contributed by atoms with van der Waals surface area (Å²) in [7, 11) is 0. The molecule has 13 heavy (non-hydrogen) atoms. The Morgan fingerprint density at radius 1 is 1.54 bits per heavy atom. The predicted molar refractivity (Wildman–Crippen MR) is 44.3 cm³/mol. The van der Waals surface area contributed by atoms with E-state index in [0.29, 0.717) is 0 Å². The van der Waals surface area contributed by atoms with E-state index in [1.807, 2.05) is 0 Å². The maximum absolute atomic E-state index is 11.3. The molecule has 0 saturated carbocycles. The van der Waals surface area contributed by atoms with Gasteiger partial charge in [0.2, 0.25) is 11.8 Å². The molecule has 1 atom stereocenters. The topological polar surface area (TPSA) is 66.5 Å². The van der Waals surface area contributed by atoms with Gasteiger partial charge in [-0.05, 0) is 6.92 Å². The predicted octanol–water partition coefficient (Wildman–Crippen LogP) is -0.607. The molecule has 1 saturated heterocycles. The maximum atomic E-state index is 11.3. The summed E-state index contributed by atoms with van der Waals surface area (Å²) >= 11 is 0. The summed E-state index contributed by atoms with van der Waals surface area (Å²) < 4.78 is 0. The van der Waals surface area contributed by atoms with E-state index in [1.54, 1.807) is 0 Å². The van der Waals surface area contributed by atoms with Crippen LogP contribution in [0.4, 0.5) is 0 Å². The second kappa shape index (κ2) is 3.01. The van der Waals surface area contributed by atoms with Crippen molar-refractivity contribution in [2.24, 2.45) is 0 Å². The van der Waals surface area contributed by atoms with Gasteiger partial charge in [0.05, 0.1) is 5.70 Å². The molecular formula is C8H10N2O3. The third kappa shape index (κ3) is 1.44. The first-order valence-corrected chi connectivity index (χ1v) is 3.79. The Hall–Kier alpha value is -1.65. The highest BCUT2D eigenvalue weighted by Gasteiger charge is 2.35. The molecule has 0 radical (unpaired) electrons. The normalized spacial score (nSPS) is 23.1. The van der Waals surface area contributed by atoms with Gasteiger partial charge in [0.25, 0.3) is 5.91 Å². The van der Waals surface area contributed by atoms with E-state index in [9.17, 15) is 14.4 Å². The van der Waals surface area contributed by atoms with E-state index >= 15 is 0 Å². The Kier molecular flexibility index (Phi) is 2.18. The highest BCUT2D eigenvalue weighted by molar-refractivity contribution is 6.11. The molecule has 0 aromatic heterocycles. The van der Waals surface area contributed by atoms with Gasteiger partial charge in [-0.15, -0.1) is 0 Å². The first-order chi connectivity index (χ1) is 5.95. The zero-order valence-corrected chi connectivity index (χ0v) is 7.46. The lowest BCUT2D eigenvalue weighted by atomic mass is 10.2. The lowest BCUT2D eigenvalue weighted by Crippen LogP contribution is -2.57. The largest absolute Gasteiger partial charge is 0.320 e. The van der Waals surface area contributed by atoms with Crippen molar-refractivity contribution >= 4 is 17.7 Å². The van der Waals surface area contributed by atoms with Crippen molar-refractivity contribution in [1.29, 1.82) is 0 Å². The van der Waals surface area contributed by atoms with Crippen molar-refractivity contribution in [3.05, 3.63) is 12.3 Å². The monoisotopic (exact) mass is 182 g/mol. The number of amides is 3. The first kappa shape index (κ1) is 9.44. The Morgan fingerprint density at radius 2 is 2.08 bits per heavy atom. The summed E-state index contributed by atoms with van der Waals surface area (Å²) in [6.45, 7) is 6.06. The molecule has 1 unspecified atom stereocenters. The number of nitrogens with one attached hydrogen (secondary N) is 1. The van der Waals surface area contributed by atoms with Crippen molar-refractivity contribution in [2.45, 2.75) is 19.9 Å². The molecule has 3 amide bonds. The van der Waals surface area contributed by atoms with Gasteiger partial charge < -0.3 is 5.32 Å². The van der Waals surface area contributed by atoms with Crippen molar-refractivity contribution in [1.82, 2.24) is 10.2 Å². The number of imide groups is 1. The van der Waals surface area contributed by atoms with Gasteiger partial charge in [-0.2, -0.15) is 0 Å². The molecule has 1 aliphatic heterocycles. The number of carbonyl (C=O) groups is 3. The highest BCUT2D eigenvalue weighted by Crippen LogP contribution is 2.10. The van der Waals surface area contributed by atoms with Crippen LogP contribution >= 0.6 is 0 Å². The quantitative estimate of drug-likeness (QED) is 0.508. The van der Waals surface area contributed by atoms with Crippen LogP contribution in [0.1, 0.15) is 13.8 Å². The number of nitrogens with zero attached hydrogens (tertiary/aromatic N) is 1. The van der Waals surface area contributed by atoms with Crippen LogP contribution in [0.5, 0.6) is 0 Å². The van der Waals surface area contributed by atoms with Crippen LogP contribution in [0.2, 0.25) is 0 Å².